The van der Waals surface area contributed by atoms with Crippen LogP contribution in [0, 0.1) is 11.3 Å². The van der Waals surface area contributed by atoms with E-state index in [9.17, 15) is 14.9 Å². The first-order valence-corrected chi connectivity index (χ1v) is 9.54. The van der Waals surface area contributed by atoms with E-state index in [-0.39, 0.29) is 24.0 Å². The summed E-state index contributed by atoms with van der Waals surface area (Å²) in [6.45, 7) is 1.29. The van der Waals surface area contributed by atoms with Gasteiger partial charge in [0.2, 0.25) is 5.88 Å². The van der Waals surface area contributed by atoms with Crippen LogP contribution in [-0.2, 0) is 9.53 Å². The second kappa shape index (κ2) is 7.89. The smallest absolute Gasteiger partial charge is 0.316 e. The summed E-state index contributed by atoms with van der Waals surface area (Å²) in [5.41, 5.74) is 7.54. The van der Waals surface area contributed by atoms with Crippen LogP contribution in [0.5, 0.6) is 0 Å². The van der Waals surface area contributed by atoms with Gasteiger partial charge in [0.25, 0.3) is 5.56 Å². The van der Waals surface area contributed by atoms with Crippen molar-refractivity contribution in [1.82, 2.24) is 14.5 Å². The number of esters is 1. The first-order chi connectivity index (χ1) is 14.1. The van der Waals surface area contributed by atoms with Crippen LogP contribution in [0.3, 0.4) is 0 Å². The minimum absolute atomic E-state index is 0.0113. The van der Waals surface area contributed by atoms with Crippen LogP contribution in [0.2, 0.25) is 0 Å². The summed E-state index contributed by atoms with van der Waals surface area (Å²) in [5.74, 6) is 0.0594. The molecule has 0 amide bonds. The minimum Gasteiger partial charge on any atom is -0.409 e. The van der Waals surface area contributed by atoms with Gasteiger partial charge in [-0.05, 0) is 24.5 Å². The van der Waals surface area contributed by atoms with E-state index in [1.807, 2.05) is 4.90 Å². The third-order valence-electron chi connectivity index (χ3n) is 5.30. The number of hydrogen-bond acceptors (Lipinski definition) is 7. The molecule has 8 heteroatoms. The van der Waals surface area contributed by atoms with Gasteiger partial charge in [-0.2, -0.15) is 5.26 Å². The largest absolute Gasteiger partial charge is 0.409 e. The lowest BCUT2D eigenvalue weighted by molar-refractivity contribution is -0.138. The summed E-state index contributed by atoms with van der Waals surface area (Å²) in [6, 6.07) is 9.91. The zero-order valence-electron chi connectivity index (χ0n) is 15.8. The van der Waals surface area contributed by atoms with Gasteiger partial charge in [0.1, 0.15) is 0 Å². The molecule has 0 radical (unpaired) electrons. The molecule has 29 heavy (non-hydrogen) atoms. The predicted molar refractivity (Wildman–Crippen MR) is 104 cm³/mol. The van der Waals surface area contributed by atoms with Crippen LogP contribution in [0.1, 0.15) is 36.4 Å². The highest BCUT2D eigenvalue weighted by Gasteiger charge is 2.37. The number of nitrogens with two attached hydrogens (primary N) is 1. The van der Waals surface area contributed by atoms with Gasteiger partial charge in [0.05, 0.1) is 30.4 Å². The van der Waals surface area contributed by atoms with E-state index in [0.717, 1.165) is 12.8 Å². The maximum atomic E-state index is 12.7. The zero-order valence-corrected chi connectivity index (χ0v) is 15.8. The van der Waals surface area contributed by atoms with Gasteiger partial charge < -0.3 is 15.4 Å². The van der Waals surface area contributed by atoms with Crippen molar-refractivity contribution in [3.05, 3.63) is 75.8 Å². The molecule has 2 N–H and O–H groups in total. The topological polar surface area (TPSA) is 114 Å². The standard InChI is InChI=1S/C21H21N5O3/c22-11-14-4-1-2-6-16(14)20(26-13-24-8-7-18(26)27)17-10-19(28)29-21(17)25-9-3-5-15(23)12-25/h1-2,4,6-8,13,15,20H,3,5,9-10,12,23H2/t15-,20?/m1/s1. The summed E-state index contributed by atoms with van der Waals surface area (Å²) in [7, 11) is 0. The molecule has 1 unspecified atom stereocenters. The molecular formula is C21H21N5O3. The fourth-order valence-corrected chi connectivity index (χ4v) is 4.01. The van der Waals surface area contributed by atoms with E-state index < -0.39 is 6.04 Å². The molecule has 2 aliphatic rings. The van der Waals surface area contributed by atoms with Gasteiger partial charge in [-0.3, -0.25) is 14.2 Å². The molecule has 2 aliphatic heterocycles. The number of aromatic nitrogens is 2. The molecule has 0 bridgehead atoms. The zero-order chi connectivity index (χ0) is 20.4. The van der Waals surface area contributed by atoms with E-state index >= 15 is 0 Å². The third kappa shape index (κ3) is 3.65. The van der Waals surface area contributed by atoms with Crippen molar-refractivity contribution in [2.24, 2.45) is 5.73 Å². The average Bonchev–Trinajstić information content (AvgIpc) is 3.11. The quantitative estimate of drug-likeness (QED) is 0.781. The Morgan fingerprint density at radius 3 is 2.86 bits per heavy atom. The van der Waals surface area contributed by atoms with Crippen molar-refractivity contribution in [3.8, 4) is 6.07 Å². The number of rotatable bonds is 4. The molecular weight excluding hydrogens is 370 g/mol. The normalized spacial score (nSPS) is 20.3. The molecule has 0 saturated carbocycles. The van der Waals surface area contributed by atoms with Gasteiger partial charge in [-0.15, -0.1) is 0 Å². The Labute approximate surface area is 167 Å². The number of ether oxygens (including phenoxy) is 1. The lowest BCUT2D eigenvalue weighted by atomic mass is 9.92. The van der Waals surface area contributed by atoms with E-state index in [4.69, 9.17) is 10.5 Å². The molecule has 1 aromatic carbocycles. The van der Waals surface area contributed by atoms with Crippen LogP contribution in [-0.4, -0.2) is 39.6 Å². The van der Waals surface area contributed by atoms with Crippen LogP contribution in [0.15, 0.2) is 59.1 Å². The summed E-state index contributed by atoms with van der Waals surface area (Å²) < 4.78 is 7.03. The summed E-state index contributed by atoms with van der Waals surface area (Å²) in [5, 5.41) is 9.63. The summed E-state index contributed by atoms with van der Waals surface area (Å²) in [4.78, 5) is 31.0. The monoisotopic (exact) mass is 391 g/mol. The first-order valence-electron chi connectivity index (χ1n) is 9.54. The number of nitrogens with zero attached hydrogens (tertiary/aromatic N) is 4. The van der Waals surface area contributed by atoms with Gasteiger partial charge in [0, 0.05) is 37.0 Å². The average molecular weight is 391 g/mol. The van der Waals surface area contributed by atoms with Gasteiger partial charge >= 0.3 is 5.97 Å². The Balaban J connectivity index is 1.91. The first kappa shape index (κ1) is 18.9. The molecule has 1 aromatic heterocycles. The molecule has 0 aliphatic carbocycles. The van der Waals surface area contributed by atoms with Crippen molar-refractivity contribution in [2.75, 3.05) is 13.1 Å². The Morgan fingerprint density at radius 2 is 2.10 bits per heavy atom. The van der Waals surface area contributed by atoms with Crippen molar-refractivity contribution < 1.29 is 9.53 Å². The Hall–Kier alpha value is -3.44. The van der Waals surface area contributed by atoms with Gasteiger partial charge in [0.15, 0.2) is 0 Å². The molecule has 2 aromatic rings. The third-order valence-corrected chi connectivity index (χ3v) is 5.30. The molecule has 4 rings (SSSR count). The molecule has 3 heterocycles. The van der Waals surface area contributed by atoms with Crippen LogP contribution in [0.25, 0.3) is 0 Å². The summed E-state index contributed by atoms with van der Waals surface area (Å²) >= 11 is 0. The van der Waals surface area contributed by atoms with Crippen LogP contribution >= 0.6 is 0 Å². The fourth-order valence-electron chi connectivity index (χ4n) is 4.01. The number of likely N-dealkylation sites (tertiary alicyclic amines) is 1. The van der Waals surface area contributed by atoms with E-state index in [0.29, 0.717) is 35.7 Å². The lowest BCUT2D eigenvalue weighted by Gasteiger charge is -2.33. The highest BCUT2D eigenvalue weighted by Crippen LogP contribution is 2.37. The second-order valence-electron chi connectivity index (χ2n) is 7.26. The van der Waals surface area contributed by atoms with Crippen molar-refractivity contribution >= 4 is 5.97 Å². The number of piperidine rings is 1. The highest BCUT2D eigenvalue weighted by molar-refractivity contribution is 5.77. The second-order valence-corrected chi connectivity index (χ2v) is 7.26. The minimum atomic E-state index is -0.674. The van der Waals surface area contributed by atoms with Gasteiger partial charge in [-0.1, -0.05) is 18.2 Å². The maximum absolute atomic E-state index is 12.7. The molecule has 8 nitrogen and oxygen atoms in total. The number of benzene rings is 1. The van der Waals surface area contributed by atoms with Crippen LogP contribution in [0.4, 0.5) is 0 Å². The summed E-state index contributed by atoms with van der Waals surface area (Å²) in [6.07, 6.45) is 4.68. The van der Waals surface area contributed by atoms with Gasteiger partial charge in [-0.25, -0.2) is 4.98 Å². The predicted octanol–water partition coefficient (Wildman–Crippen LogP) is 1.29. The van der Waals surface area contributed by atoms with E-state index in [1.54, 1.807) is 24.3 Å². The molecule has 2 atom stereocenters. The fraction of sp³-hybridized carbons (Fsp3) is 0.333. The van der Waals surface area contributed by atoms with E-state index in [2.05, 4.69) is 11.1 Å². The van der Waals surface area contributed by atoms with Crippen molar-refractivity contribution in [2.45, 2.75) is 31.3 Å². The van der Waals surface area contributed by atoms with E-state index in [1.165, 1.54) is 23.2 Å². The molecule has 0 spiro atoms. The van der Waals surface area contributed by atoms with Crippen molar-refractivity contribution in [3.63, 3.8) is 0 Å². The number of cyclic esters (lactones) is 1. The Bertz CT molecular complexity index is 1070. The molecule has 148 valence electrons. The number of nitriles is 1. The molecule has 1 fully saturated rings. The lowest BCUT2D eigenvalue weighted by Crippen LogP contribution is -2.43. The number of carbonyl (C=O) groups excluding carboxylic acids is 1. The van der Waals surface area contributed by atoms with Crippen LogP contribution < -0.4 is 11.3 Å². The SMILES string of the molecule is N#Cc1ccccc1C(C1=C(N2CCC[C@@H](N)C2)OC(=O)C1)n1cnccc1=O. The molecule has 1 saturated heterocycles. The highest BCUT2D eigenvalue weighted by atomic mass is 16.6. The van der Waals surface area contributed by atoms with Crippen molar-refractivity contribution in [1.29, 1.82) is 5.26 Å². The number of hydrogen-bond donors (Lipinski definition) is 1. The number of carbonyl (C=O) groups is 1. The Morgan fingerprint density at radius 1 is 1.28 bits per heavy atom. The maximum Gasteiger partial charge on any atom is 0.316 e. The Kier molecular flexibility index (Phi) is 5.14.